The monoisotopic (exact) mass is 362 g/mol. The van der Waals surface area contributed by atoms with Crippen LogP contribution in [0.2, 0.25) is 0 Å². The van der Waals surface area contributed by atoms with Crippen LogP contribution in [0, 0.1) is 5.92 Å². The molecule has 138 valence electrons. The minimum absolute atomic E-state index is 0.216. The van der Waals surface area contributed by atoms with E-state index in [0.717, 1.165) is 24.1 Å². The van der Waals surface area contributed by atoms with Gasteiger partial charge in [0.05, 0.1) is 18.6 Å². The molecular formula is C21H22N4O2. The Labute approximate surface area is 157 Å². The van der Waals surface area contributed by atoms with Gasteiger partial charge in [0.15, 0.2) is 5.65 Å². The van der Waals surface area contributed by atoms with Gasteiger partial charge in [0.25, 0.3) is 5.91 Å². The van der Waals surface area contributed by atoms with Crippen molar-refractivity contribution in [3.8, 4) is 0 Å². The fourth-order valence-corrected chi connectivity index (χ4v) is 3.21. The summed E-state index contributed by atoms with van der Waals surface area (Å²) in [7, 11) is 0. The van der Waals surface area contributed by atoms with Crippen LogP contribution in [0.1, 0.15) is 41.9 Å². The third-order valence-electron chi connectivity index (χ3n) is 4.49. The Morgan fingerprint density at radius 2 is 2.04 bits per heavy atom. The molecule has 1 N–H and O–H groups in total. The van der Waals surface area contributed by atoms with Gasteiger partial charge >= 0.3 is 0 Å². The third kappa shape index (κ3) is 3.69. The Bertz CT molecular complexity index is 1000. The van der Waals surface area contributed by atoms with E-state index < -0.39 is 0 Å². The van der Waals surface area contributed by atoms with E-state index in [1.54, 1.807) is 10.8 Å². The van der Waals surface area contributed by atoms with E-state index >= 15 is 0 Å². The molecule has 6 heteroatoms. The predicted octanol–water partition coefficient (Wildman–Crippen LogP) is 3.94. The van der Waals surface area contributed by atoms with E-state index in [9.17, 15) is 4.79 Å². The smallest absolute Gasteiger partial charge is 0.258 e. The molecule has 1 aromatic carbocycles. The van der Waals surface area contributed by atoms with Crippen molar-refractivity contribution in [3.05, 3.63) is 65.5 Å². The van der Waals surface area contributed by atoms with Crippen molar-refractivity contribution in [2.75, 3.05) is 11.9 Å². The van der Waals surface area contributed by atoms with Crippen molar-refractivity contribution in [1.29, 1.82) is 0 Å². The Balaban J connectivity index is 1.54. The SMILES string of the molecule is CC(C)Cc1ccc(C(=O)Nc2nc3cccc(C4=COCC4)n3n2)cc1. The van der Waals surface area contributed by atoms with Crippen LogP contribution < -0.4 is 5.32 Å². The molecular weight excluding hydrogens is 340 g/mol. The van der Waals surface area contributed by atoms with Crippen LogP contribution in [0.5, 0.6) is 0 Å². The summed E-state index contributed by atoms with van der Waals surface area (Å²) < 4.78 is 7.07. The van der Waals surface area contributed by atoms with Crippen LogP contribution in [0.15, 0.2) is 48.7 Å². The highest BCUT2D eigenvalue weighted by Crippen LogP contribution is 2.24. The van der Waals surface area contributed by atoms with Crippen molar-refractivity contribution in [2.45, 2.75) is 26.7 Å². The number of pyridine rings is 1. The van der Waals surface area contributed by atoms with Crippen molar-refractivity contribution in [3.63, 3.8) is 0 Å². The number of benzene rings is 1. The topological polar surface area (TPSA) is 68.5 Å². The first-order chi connectivity index (χ1) is 13.1. The second-order valence-corrected chi connectivity index (χ2v) is 7.13. The lowest BCUT2D eigenvalue weighted by atomic mass is 10.0. The minimum atomic E-state index is -0.216. The number of ether oxygens (including phenoxy) is 1. The van der Waals surface area contributed by atoms with Gasteiger partial charge in [-0.15, -0.1) is 5.10 Å². The third-order valence-corrected chi connectivity index (χ3v) is 4.49. The number of anilines is 1. The molecule has 0 fully saturated rings. The van der Waals surface area contributed by atoms with E-state index in [1.165, 1.54) is 5.56 Å². The summed E-state index contributed by atoms with van der Waals surface area (Å²) >= 11 is 0. The zero-order valence-corrected chi connectivity index (χ0v) is 15.5. The average Bonchev–Trinajstić information content (AvgIpc) is 3.30. The number of amides is 1. The average molecular weight is 362 g/mol. The van der Waals surface area contributed by atoms with Gasteiger partial charge in [-0.1, -0.05) is 32.0 Å². The molecule has 6 nitrogen and oxygen atoms in total. The molecule has 27 heavy (non-hydrogen) atoms. The number of hydrogen-bond acceptors (Lipinski definition) is 4. The Morgan fingerprint density at radius 3 is 2.74 bits per heavy atom. The Kier molecular flexibility index (Phi) is 4.62. The highest BCUT2D eigenvalue weighted by Gasteiger charge is 2.15. The maximum Gasteiger partial charge on any atom is 0.258 e. The standard InChI is InChI=1S/C21H22N4O2/c1-14(2)12-15-6-8-16(9-7-15)20(26)23-21-22-19-5-3-4-18(25(19)24-21)17-10-11-27-13-17/h3-9,13-14H,10-12H2,1-2H3,(H,23,24,26). The highest BCUT2D eigenvalue weighted by molar-refractivity contribution is 6.03. The first-order valence-electron chi connectivity index (χ1n) is 9.17. The number of carbonyl (C=O) groups excluding carboxylic acids is 1. The molecule has 0 bridgehead atoms. The highest BCUT2D eigenvalue weighted by atomic mass is 16.5. The van der Waals surface area contributed by atoms with Gasteiger partial charge in [-0.05, 0) is 42.2 Å². The number of rotatable bonds is 5. The molecule has 4 rings (SSSR count). The summed E-state index contributed by atoms with van der Waals surface area (Å²) in [5.74, 6) is 0.659. The molecule has 0 unspecified atom stereocenters. The zero-order valence-electron chi connectivity index (χ0n) is 15.5. The number of nitrogens with one attached hydrogen (secondary N) is 1. The Hall–Kier alpha value is -3.15. The summed E-state index contributed by atoms with van der Waals surface area (Å²) in [5.41, 5.74) is 4.50. The van der Waals surface area contributed by atoms with Crippen molar-refractivity contribution < 1.29 is 9.53 Å². The summed E-state index contributed by atoms with van der Waals surface area (Å²) in [6.45, 7) is 5.03. The summed E-state index contributed by atoms with van der Waals surface area (Å²) in [6.07, 6.45) is 3.59. The first kappa shape index (κ1) is 17.3. The quantitative estimate of drug-likeness (QED) is 0.746. The molecule has 0 spiro atoms. The molecule has 0 atom stereocenters. The maximum atomic E-state index is 12.5. The second kappa shape index (κ2) is 7.23. The van der Waals surface area contributed by atoms with Crippen LogP contribution in [0.3, 0.4) is 0 Å². The maximum absolute atomic E-state index is 12.5. The fraction of sp³-hybridized carbons (Fsp3) is 0.286. The van der Waals surface area contributed by atoms with Gasteiger partial charge in [0.1, 0.15) is 0 Å². The van der Waals surface area contributed by atoms with Gasteiger partial charge in [0, 0.05) is 17.6 Å². The molecule has 0 aliphatic carbocycles. The molecule has 1 aliphatic rings. The number of carbonyl (C=O) groups is 1. The lowest BCUT2D eigenvalue weighted by molar-refractivity contribution is 0.102. The fourth-order valence-electron chi connectivity index (χ4n) is 3.21. The van der Waals surface area contributed by atoms with Crippen LogP contribution in [0.4, 0.5) is 5.95 Å². The lowest BCUT2D eigenvalue weighted by Crippen LogP contribution is -2.13. The van der Waals surface area contributed by atoms with Crippen LogP contribution >= 0.6 is 0 Å². The van der Waals surface area contributed by atoms with E-state index in [-0.39, 0.29) is 5.91 Å². The molecule has 0 radical (unpaired) electrons. The van der Waals surface area contributed by atoms with Gasteiger partial charge in [0.2, 0.25) is 5.95 Å². The van der Waals surface area contributed by atoms with Crippen molar-refractivity contribution in [2.24, 2.45) is 5.92 Å². The normalized spacial score (nSPS) is 13.7. The summed E-state index contributed by atoms with van der Waals surface area (Å²) in [6, 6.07) is 13.4. The molecule has 3 aromatic rings. The number of nitrogens with zero attached hydrogens (tertiary/aromatic N) is 3. The number of fused-ring (bicyclic) bond motifs is 1. The zero-order chi connectivity index (χ0) is 18.8. The van der Waals surface area contributed by atoms with Crippen molar-refractivity contribution >= 4 is 23.1 Å². The van der Waals surface area contributed by atoms with Gasteiger partial charge in [-0.25, -0.2) is 4.52 Å². The van der Waals surface area contributed by atoms with E-state index in [2.05, 4.69) is 29.2 Å². The van der Waals surface area contributed by atoms with E-state index in [0.29, 0.717) is 29.7 Å². The van der Waals surface area contributed by atoms with Gasteiger partial charge in [-0.2, -0.15) is 4.98 Å². The number of aromatic nitrogens is 3. The van der Waals surface area contributed by atoms with Gasteiger partial charge < -0.3 is 4.74 Å². The largest absolute Gasteiger partial charge is 0.500 e. The minimum Gasteiger partial charge on any atom is -0.500 e. The van der Waals surface area contributed by atoms with Crippen LogP contribution in [-0.2, 0) is 11.2 Å². The van der Waals surface area contributed by atoms with E-state index in [1.807, 2.05) is 42.5 Å². The summed E-state index contributed by atoms with van der Waals surface area (Å²) in [4.78, 5) is 17.0. The summed E-state index contributed by atoms with van der Waals surface area (Å²) in [5, 5.41) is 7.25. The molecule has 1 aliphatic heterocycles. The number of hydrogen-bond donors (Lipinski definition) is 1. The molecule has 0 saturated heterocycles. The molecule has 2 aromatic heterocycles. The van der Waals surface area contributed by atoms with Gasteiger partial charge in [-0.3, -0.25) is 10.1 Å². The second-order valence-electron chi connectivity index (χ2n) is 7.13. The van der Waals surface area contributed by atoms with Crippen molar-refractivity contribution in [1.82, 2.24) is 14.6 Å². The molecule has 0 saturated carbocycles. The van der Waals surface area contributed by atoms with Crippen LogP contribution in [-0.4, -0.2) is 27.1 Å². The predicted molar refractivity (Wildman–Crippen MR) is 104 cm³/mol. The molecule has 3 heterocycles. The lowest BCUT2D eigenvalue weighted by Gasteiger charge is -2.06. The molecule has 1 amide bonds. The van der Waals surface area contributed by atoms with E-state index in [4.69, 9.17) is 4.74 Å². The Morgan fingerprint density at radius 1 is 1.22 bits per heavy atom. The first-order valence-corrected chi connectivity index (χ1v) is 9.17. The van der Waals surface area contributed by atoms with Crippen LogP contribution in [0.25, 0.3) is 11.2 Å².